The summed E-state index contributed by atoms with van der Waals surface area (Å²) in [7, 11) is 0. The number of carbonyl (C=O) groups excluding carboxylic acids is 2. The Morgan fingerprint density at radius 3 is 2.38 bits per heavy atom. The van der Waals surface area contributed by atoms with Crippen molar-refractivity contribution in [3.63, 3.8) is 0 Å². The summed E-state index contributed by atoms with van der Waals surface area (Å²) in [5.41, 5.74) is 6.40. The summed E-state index contributed by atoms with van der Waals surface area (Å²) in [6, 6.07) is 12.6. The van der Waals surface area contributed by atoms with E-state index in [2.05, 4.69) is 45.9 Å². The highest BCUT2D eigenvalue weighted by atomic mass is 79.9. The number of hydrogen-bond donors (Lipinski definition) is 3. The summed E-state index contributed by atoms with van der Waals surface area (Å²) < 4.78 is 12.0. The number of para-hydroxylation sites is 1. The van der Waals surface area contributed by atoms with Gasteiger partial charge in [-0.1, -0.05) is 45.9 Å². The summed E-state index contributed by atoms with van der Waals surface area (Å²) in [6.07, 6.45) is 0. The predicted molar refractivity (Wildman–Crippen MR) is 132 cm³/mol. The monoisotopic (exact) mass is 521 g/mol. The first-order chi connectivity index (χ1) is 15.2. The van der Waals surface area contributed by atoms with E-state index >= 15 is 0 Å². The van der Waals surface area contributed by atoms with Gasteiger partial charge in [0.05, 0.1) is 16.6 Å². The third-order valence-corrected chi connectivity index (χ3v) is 5.05. The largest absolute Gasteiger partial charge is 0.492 e. The van der Waals surface area contributed by atoms with Crippen LogP contribution in [0.3, 0.4) is 0 Å². The minimum atomic E-state index is -0.456. The van der Waals surface area contributed by atoms with E-state index in [1.54, 1.807) is 24.3 Å². The number of amides is 2. The summed E-state index contributed by atoms with van der Waals surface area (Å²) in [5, 5.41) is 2.47. The number of hydrazine groups is 1. The van der Waals surface area contributed by atoms with Crippen molar-refractivity contribution in [3.8, 4) is 11.5 Å². The van der Waals surface area contributed by atoms with Gasteiger partial charge in [-0.25, -0.2) is 0 Å². The van der Waals surface area contributed by atoms with Crippen molar-refractivity contribution in [1.29, 1.82) is 0 Å². The number of thiocarbonyl (C=S) groups is 1. The molecule has 7 nitrogen and oxygen atoms in total. The molecule has 0 saturated carbocycles. The molecule has 2 aromatic carbocycles. The van der Waals surface area contributed by atoms with E-state index in [4.69, 9.17) is 21.7 Å². The van der Waals surface area contributed by atoms with Crippen LogP contribution in [-0.2, 0) is 4.79 Å². The van der Waals surface area contributed by atoms with Crippen LogP contribution in [0.15, 0.2) is 46.9 Å². The van der Waals surface area contributed by atoms with Crippen molar-refractivity contribution in [1.82, 2.24) is 16.2 Å². The second-order valence-corrected chi connectivity index (χ2v) is 9.05. The van der Waals surface area contributed by atoms with Gasteiger partial charge < -0.3 is 9.47 Å². The number of ether oxygens (including phenoxy) is 2. The molecule has 0 unspecified atom stereocenters. The molecule has 0 aromatic heterocycles. The molecule has 0 aliphatic rings. The maximum Gasteiger partial charge on any atom is 0.276 e. The molecule has 0 aliphatic carbocycles. The molecule has 0 fully saturated rings. The molecule has 3 N–H and O–H groups in total. The number of hydrogen-bond acceptors (Lipinski definition) is 5. The van der Waals surface area contributed by atoms with E-state index in [1.807, 2.05) is 32.0 Å². The third-order valence-electron chi connectivity index (χ3n) is 4.23. The Hall–Kier alpha value is -2.65. The fourth-order valence-electron chi connectivity index (χ4n) is 2.54. The van der Waals surface area contributed by atoms with Gasteiger partial charge >= 0.3 is 0 Å². The Bertz CT molecular complexity index is 966. The van der Waals surface area contributed by atoms with Gasteiger partial charge in [0.1, 0.15) is 11.5 Å². The van der Waals surface area contributed by atoms with Crippen LogP contribution >= 0.6 is 28.1 Å². The van der Waals surface area contributed by atoms with Crippen molar-refractivity contribution in [3.05, 3.63) is 58.1 Å². The molecule has 2 aromatic rings. The lowest BCUT2D eigenvalue weighted by molar-refractivity contribution is -0.123. The molecule has 0 radical (unpaired) electrons. The first-order valence-corrected chi connectivity index (χ1v) is 11.4. The molecule has 0 spiro atoms. The highest BCUT2D eigenvalue weighted by Crippen LogP contribution is 2.28. The fourth-order valence-corrected chi connectivity index (χ4v) is 3.19. The molecule has 0 bridgehead atoms. The zero-order valence-electron chi connectivity index (χ0n) is 18.5. The fraction of sp³-hybridized carbons (Fsp3) is 0.348. The summed E-state index contributed by atoms with van der Waals surface area (Å²) in [5.74, 6) is 0.827. The highest BCUT2D eigenvalue weighted by molar-refractivity contribution is 9.10. The van der Waals surface area contributed by atoms with Crippen LogP contribution in [0.5, 0.6) is 11.5 Å². The number of benzene rings is 2. The van der Waals surface area contributed by atoms with Crippen molar-refractivity contribution >= 4 is 45.1 Å². The highest BCUT2D eigenvalue weighted by Gasteiger charge is 2.14. The number of halogens is 1. The van der Waals surface area contributed by atoms with Gasteiger partial charge in [-0.15, -0.1) is 0 Å². The molecule has 0 aliphatic heterocycles. The smallest absolute Gasteiger partial charge is 0.276 e. The number of rotatable bonds is 8. The molecular formula is C23H28BrN3O4S. The number of nitrogens with one attached hydrogen (secondary N) is 3. The van der Waals surface area contributed by atoms with Crippen LogP contribution in [0.25, 0.3) is 0 Å². The Morgan fingerprint density at radius 2 is 1.72 bits per heavy atom. The van der Waals surface area contributed by atoms with Gasteiger partial charge in [0.15, 0.2) is 11.7 Å². The van der Waals surface area contributed by atoms with Gasteiger partial charge in [0.2, 0.25) is 0 Å². The van der Waals surface area contributed by atoms with E-state index in [0.29, 0.717) is 35.5 Å². The van der Waals surface area contributed by atoms with Crippen molar-refractivity contribution in [2.75, 3.05) is 13.2 Å². The molecule has 2 rings (SSSR count). The van der Waals surface area contributed by atoms with Crippen molar-refractivity contribution in [2.45, 2.75) is 33.6 Å². The summed E-state index contributed by atoms with van der Waals surface area (Å²) in [4.78, 5) is 24.6. The first-order valence-electron chi connectivity index (χ1n) is 10.2. The van der Waals surface area contributed by atoms with E-state index < -0.39 is 11.8 Å². The topological polar surface area (TPSA) is 88.7 Å². The summed E-state index contributed by atoms with van der Waals surface area (Å²) in [6.45, 7) is 8.50. The molecule has 9 heteroatoms. The van der Waals surface area contributed by atoms with Crippen LogP contribution < -0.4 is 25.6 Å². The first kappa shape index (κ1) is 25.6. The normalized spacial score (nSPS) is 10.6. The van der Waals surface area contributed by atoms with Crippen LogP contribution in [0.1, 0.15) is 49.5 Å². The van der Waals surface area contributed by atoms with Gasteiger partial charge in [0, 0.05) is 0 Å². The van der Waals surface area contributed by atoms with E-state index in [0.717, 1.165) is 10.0 Å². The van der Waals surface area contributed by atoms with Gasteiger partial charge in [-0.05, 0) is 69.8 Å². The predicted octanol–water partition coefficient (Wildman–Crippen LogP) is 4.32. The Morgan fingerprint density at radius 1 is 1.00 bits per heavy atom. The lowest BCUT2D eigenvalue weighted by Crippen LogP contribution is -2.49. The van der Waals surface area contributed by atoms with Crippen LogP contribution in [0.4, 0.5) is 0 Å². The second kappa shape index (κ2) is 12.4. The average Bonchev–Trinajstić information content (AvgIpc) is 2.75. The Balaban J connectivity index is 1.82. The van der Waals surface area contributed by atoms with Crippen molar-refractivity contribution in [2.24, 2.45) is 5.92 Å². The van der Waals surface area contributed by atoms with Gasteiger partial charge in [-0.2, -0.15) is 0 Å². The SMILES string of the molecule is CC(C)COc1ccccc1C(=O)NC(=S)NNC(=O)COc1ccc(C(C)C)cc1Br. The Kier molecular flexibility index (Phi) is 9.93. The molecule has 0 heterocycles. The maximum absolute atomic E-state index is 12.5. The van der Waals surface area contributed by atoms with Gasteiger partial charge in [-0.3, -0.25) is 25.8 Å². The molecular weight excluding hydrogens is 494 g/mol. The zero-order chi connectivity index (χ0) is 23.7. The van der Waals surface area contributed by atoms with E-state index in [-0.39, 0.29) is 11.7 Å². The van der Waals surface area contributed by atoms with Crippen LogP contribution in [-0.4, -0.2) is 30.1 Å². The standard InChI is InChI=1S/C23H28BrN3O4S/c1-14(2)12-30-19-8-6-5-7-17(19)22(29)25-23(32)27-26-21(28)13-31-20-10-9-16(15(3)4)11-18(20)24/h5-11,14-15H,12-13H2,1-4H3,(H,26,28)(H2,25,27,29,32). The molecule has 32 heavy (non-hydrogen) atoms. The number of carbonyl (C=O) groups is 2. The van der Waals surface area contributed by atoms with Crippen molar-refractivity contribution < 1.29 is 19.1 Å². The van der Waals surface area contributed by atoms with Crippen LogP contribution in [0, 0.1) is 5.92 Å². The second-order valence-electron chi connectivity index (χ2n) is 7.79. The Labute approximate surface area is 202 Å². The minimum absolute atomic E-state index is 0.0514. The molecule has 0 atom stereocenters. The zero-order valence-corrected chi connectivity index (χ0v) is 20.9. The molecule has 172 valence electrons. The van der Waals surface area contributed by atoms with E-state index in [9.17, 15) is 9.59 Å². The third kappa shape index (κ3) is 8.12. The average molecular weight is 522 g/mol. The lowest BCUT2D eigenvalue weighted by Gasteiger charge is -2.15. The maximum atomic E-state index is 12.5. The lowest BCUT2D eigenvalue weighted by atomic mass is 10.0. The van der Waals surface area contributed by atoms with Crippen LogP contribution in [0.2, 0.25) is 0 Å². The molecule has 0 saturated heterocycles. The summed E-state index contributed by atoms with van der Waals surface area (Å²) >= 11 is 8.54. The minimum Gasteiger partial charge on any atom is -0.492 e. The van der Waals surface area contributed by atoms with Gasteiger partial charge in [0.25, 0.3) is 11.8 Å². The van der Waals surface area contributed by atoms with E-state index in [1.165, 1.54) is 0 Å². The molecule has 2 amide bonds. The quantitative estimate of drug-likeness (QED) is 0.354.